The molecule has 0 aliphatic carbocycles. The fourth-order valence-electron chi connectivity index (χ4n) is 3.58. The van der Waals surface area contributed by atoms with Crippen LogP contribution in [0, 0.1) is 13.8 Å². The highest BCUT2D eigenvalue weighted by molar-refractivity contribution is 9.10. The van der Waals surface area contributed by atoms with Gasteiger partial charge >= 0.3 is 5.97 Å². The zero-order valence-electron chi connectivity index (χ0n) is 20.0. The van der Waals surface area contributed by atoms with Crippen LogP contribution in [0.25, 0.3) is 0 Å². The SMILES string of the molecule is CCCCCCCCCCCC(=O)SCC(=O)N(CC(=O)OC)c1c(C)ccc(Br)c1C. The monoisotopic (exact) mass is 527 g/mol. The summed E-state index contributed by atoms with van der Waals surface area (Å²) in [6, 6.07) is 3.81. The molecule has 0 spiro atoms. The van der Waals surface area contributed by atoms with E-state index in [1.807, 2.05) is 26.0 Å². The number of carbonyl (C=O) groups is 3. The Kier molecular flexibility index (Phi) is 14.6. The van der Waals surface area contributed by atoms with Crippen LogP contribution in [0.3, 0.4) is 0 Å². The number of rotatable bonds is 15. The maximum atomic E-state index is 13.0. The number of hydrogen-bond acceptors (Lipinski definition) is 5. The van der Waals surface area contributed by atoms with Crippen molar-refractivity contribution < 1.29 is 19.1 Å². The molecule has 1 aromatic rings. The highest BCUT2D eigenvalue weighted by atomic mass is 79.9. The molecule has 32 heavy (non-hydrogen) atoms. The van der Waals surface area contributed by atoms with E-state index in [1.54, 1.807) is 0 Å². The number of thioether (sulfide) groups is 1. The normalized spacial score (nSPS) is 10.8. The van der Waals surface area contributed by atoms with Crippen LogP contribution >= 0.6 is 27.7 Å². The standard InChI is InChI=1S/C25H38BrNO4S/c1-5-6-7-8-9-10-11-12-13-14-24(30)32-18-22(28)27(17-23(29)31-4)25-19(2)15-16-21(26)20(25)3/h15-16H,5-14,17-18H2,1-4H3. The lowest BCUT2D eigenvalue weighted by Crippen LogP contribution is -2.38. The van der Waals surface area contributed by atoms with Gasteiger partial charge in [0.2, 0.25) is 5.91 Å². The maximum absolute atomic E-state index is 13.0. The molecular weight excluding hydrogens is 490 g/mol. The van der Waals surface area contributed by atoms with Crippen molar-refractivity contribution in [1.82, 2.24) is 0 Å². The molecule has 180 valence electrons. The Balaban J connectivity index is 2.52. The third-order valence-electron chi connectivity index (χ3n) is 5.49. The lowest BCUT2D eigenvalue weighted by molar-refractivity contribution is -0.139. The molecule has 7 heteroatoms. The molecule has 1 rings (SSSR count). The van der Waals surface area contributed by atoms with E-state index in [4.69, 9.17) is 4.74 Å². The number of nitrogens with zero attached hydrogens (tertiary/aromatic N) is 1. The average molecular weight is 529 g/mol. The van der Waals surface area contributed by atoms with Crippen LogP contribution in [0.5, 0.6) is 0 Å². The fourth-order valence-corrected chi connectivity index (χ4v) is 4.63. The van der Waals surface area contributed by atoms with Crippen molar-refractivity contribution in [3.05, 3.63) is 27.7 Å². The van der Waals surface area contributed by atoms with Gasteiger partial charge in [0.05, 0.1) is 18.6 Å². The van der Waals surface area contributed by atoms with Gasteiger partial charge in [-0.05, 0) is 37.5 Å². The maximum Gasteiger partial charge on any atom is 0.325 e. The van der Waals surface area contributed by atoms with Crippen LogP contribution in [-0.4, -0.2) is 36.4 Å². The minimum Gasteiger partial charge on any atom is -0.468 e. The Morgan fingerprint density at radius 1 is 0.969 bits per heavy atom. The molecule has 0 aliphatic rings. The number of unbranched alkanes of at least 4 members (excludes halogenated alkanes) is 8. The van der Waals surface area contributed by atoms with E-state index in [-0.39, 0.29) is 23.3 Å². The molecule has 0 saturated carbocycles. The summed E-state index contributed by atoms with van der Waals surface area (Å²) in [7, 11) is 1.30. The van der Waals surface area contributed by atoms with Gasteiger partial charge in [-0.15, -0.1) is 0 Å². The molecule has 0 radical (unpaired) electrons. The van der Waals surface area contributed by atoms with Crippen LogP contribution < -0.4 is 4.90 Å². The van der Waals surface area contributed by atoms with Crippen molar-refractivity contribution in [3.8, 4) is 0 Å². The van der Waals surface area contributed by atoms with Crippen molar-refractivity contribution in [2.75, 3.05) is 24.3 Å². The van der Waals surface area contributed by atoms with Gasteiger partial charge in [-0.2, -0.15) is 0 Å². The van der Waals surface area contributed by atoms with Crippen LogP contribution in [0.15, 0.2) is 16.6 Å². The lowest BCUT2D eigenvalue weighted by atomic mass is 10.1. The number of ether oxygens (including phenoxy) is 1. The molecule has 0 atom stereocenters. The lowest BCUT2D eigenvalue weighted by Gasteiger charge is -2.25. The Hall–Kier alpha value is -1.34. The minimum atomic E-state index is -0.497. The largest absolute Gasteiger partial charge is 0.468 e. The van der Waals surface area contributed by atoms with Crippen molar-refractivity contribution in [3.63, 3.8) is 0 Å². The Labute approximate surface area is 206 Å². The summed E-state index contributed by atoms with van der Waals surface area (Å²) in [4.78, 5) is 38.6. The molecule has 5 nitrogen and oxygen atoms in total. The highest BCUT2D eigenvalue weighted by Crippen LogP contribution is 2.31. The van der Waals surface area contributed by atoms with Gasteiger partial charge in [-0.3, -0.25) is 19.3 Å². The van der Waals surface area contributed by atoms with Crippen LogP contribution in [0.2, 0.25) is 0 Å². The van der Waals surface area contributed by atoms with E-state index < -0.39 is 5.97 Å². The quantitative estimate of drug-likeness (QED) is 0.186. The first-order valence-electron chi connectivity index (χ1n) is 11.6. The number of benzene rings is 1. The number of methoxy groups -OCH3 is 1. The molecule has 0 unspecified atom stereocenters. The molecular formula is C25H38BrNO4S. The van der Waals surface area contributed by atoms with E-state index in [1.165, 1.54) is 50.5 Å². The van der Waals surface area contributed by atoms with E-state index in [0.717, 1.165) is 46.6 Å². The minimum absolute atomic E-state index is 0.0125. The molecule has 0 fully saturated rings. The second-order valence-corrected chi connectivity index (χ2v) is 10.0. The number of esters is 1. The predicted octanol–water partition coefficient (Wildman–Crippen LogP) is 6.75. The molecule has 0 heterocycles. The summed E-state index contributed by atoms with van der Waals surface area (Å²) in [5, 5.41) is 0.0296. The van der Waals surface area contributed by atoms with Gasteiger partial charge < -0.3 is 4.74 Å². The van der Waals surface area contributed by atoms with Gasteiger partial charge in [0.25, 0.3) is 0 Å². The smallest absolute Gasteiger partial charge is 0.325 e. The molecule has 1 aromatic carbocycles. The zero-order valence-corrected chi connectivity index (χ0v) is 22.4. The zero-order chi connectivity index (χ0) is 23.9. The van der Waals surface area contributed by atoms with Crippen LogP contribution in [0.1, 0.15) is 82.3 Å². The van der Waals surface area contributed by atoms with E-state index in [9.17, 15) is 14.4 Å². The number of anilines is 1. The van der Waals surface area contributed by atoms with Crippen molar-refractivity contribution >= 4 is 50.4 Å². The second kappa shape index (κ2) is 16.3. The van der Waals surface area contributed by atoms with Gasteiger partial charge in [0.15, 0.2) is 5.12 Å². The first-order chi connectivity index (χ1) is 15.3. The van der Waals surface area contributed by atoms with Gasteiger partial charge in [0.1, 0.15) is 6.54 Å². The summed E-state index contributed by atoms with van der Waals surface area (Å²) in [5.41, 5.74) is 2.43. The van der Waals surface area contributed by atoms with Crippen LogP contribution in [-0.2, 0) is 19.1 Å². The number of carbonyl (C=O) groups excluding carboxylic acids is 3. The first kappa shape index (κ1) is 28.7. The molecule has 0 saturated heterocycles. The van der Waals surface area contributed by atoms with E-state index in [0.29, 0.717) is 12.1 Å². The Morgan fingerprint density at radius 3 is 2.16 bits per heavy atom. The third-order valence-corrected chi connectivity index (χ3v) is 7.27. The molecule has 0 N–H and O–H groups in total. The second-order valence-electron chi connectivity index (χ2n) is 8.13. The predicted molar refractivity (Wildman–Crippen MR) is 137 cm³/mol. The summed E-state index contributed by atoms with van der Waals surface area (Å²) < 4.78 is 5.64. The summed E-state index contributed by atoms with van der Waals surface area (Å²) in [6.07, 6.45) is 11.3. The van der Waals surface area contributed by atoms with Gasteiger partial charge in [0, 0.05) is 10.9 Å². The molecule has 0 bridgehead atoms. The molecule has 0 aliphatic heterocycles. The van der Waals surface area contributed by atoms with Crippen molar-refractivity contribution in [2.45, 2.75) is 85.0 Å². The summed E-state index contributed by atoms with van der Waals surface area (Å²) in [6.45, 7) is 5.84. The third kappa shape index (κ3) is 10.5. The number of halogens is 1. The summed E-state index contributed by atoms with van der Waals surface area (Å²) >= 11 is 4.53. The molecule has 0 aromatic heterocycles. The van der Waals surface area contributed by atoms with Crippen molar-refractivity contribution in [1.29, 1.82) is 0 Å². The Bertz CT molecular complexity index is 754. The average Bonchev–Trinajstić information content (AvgIpc) is 2.78. The number of aryl methyl sites for hydroxylation is 1. The topological polar surface area (TPSA) is 63.7 Å². The van der Waals surface area contributed by atoms with Crippen LogP contribution in [0.4, 0.5) is 5.69 Å². The number of amides is 1. The van der Waals surface area contributed by atoms with E-state index >= 15 is 0 Å². The highest BCUT2D eigenvalue weighted by Gasteiger charge is 2.24. The van der Waals surface area contributed by atoms with Gasteiger partial charge in [-0.25, -0.2) is 0 Å². The summed E-state index contributed by atoms with van der Waals surface area (Å²) in [5.74, 6) is -0.758. The first-order valence-corrected chi connectivity index (χ1v) is 13.4. The van der Waals surface area contributed by atoms with Crippen molar-refractivity contribution in [2.24, 2.45) is 0 Å². The van der Waals surface area contributed by atoms with E-state index in [2.05, 4.69) is 22.9 Å². The Morgan fingerprint density at radius 2 is 1.56 bits per heavy atom. The number of hydrogen-bond donors (Lipinski definition) is 0. The fraction of sp³-hybridized carbons (Fsp3) is 0.640. The molecule has 1 amide bonds. The van der Waals surface area contributed by atoms with Gasteiger partial charge in [-0.1, -0.05) is 92.0 Å².